The van der Waals surface area contributed by atoms with Gasteiger partial charge in [-0.2, -0.15) is 0 Å². The summed E-state index contributed by atoms with van der Waals surface area (Å²) in [4.78, 5) is 37.4. The molecule has 0 aromatic heterocycles. The number of carbonyl (C=O) groups excluding carboxylic acids is 3. The molecule has 0 aliphatic carbocycles. The smallest absolute Gasteiger partial charge is 0.262 e. The highest BCUT2D eigenvalue weighted by Gasteiger charge is 2.36. The van der Waals surface area contributed by atoms with E-state index in [1.54, 1.807) is 36.4 Å². The van der Waals surface area contributed by atoms with Gasteiger partial charge in [0.2, 0.25) is 5.91 Å². The lowest BCUT2D eigenvalue weighted by Gasteiger charge is -2.13. The number of benzene rings is 2. The van der Waals surface area contributed by atoms with Crippen molar-refractivity contribution in [3.8, 4) is 0 Å². The number of fused-ring (bicyclic) bond motifs is 1. The predicted molar refractivity (Wildman–Crippen MR) is 94.2 cm³/mol. The molecule has 1 aliphatic rings. The number of nitrogens with one attached hydrogen (secondary N) is 1. The molecule has 2 aromatic carbocycles. The maximum absolute atomic E-state index is 12.8. The lowest BCUT2D eigenvalue weighted by molar-refractivity contribution is -0.121. The minimum atomic E-state index is -0.433. The van der Waals surface area contributed by atoms with Crippen molar-refractivity contribution in [2.75, 3.05) is 13.1 Å². The highest BCUT2D eigenvalue weighted by Crippen LogP contribution is 2.21. The monoisotopic (exact) mass is 354 g/mol. The normalized spacial score (nSPS) is 13.0. The van der Waals surface area contributed by atoms with Gasteiger partial charge in [0.1, 0.15) is 12.4 Å². The molecule has 5 nitrogen and oxygen atoms in total. The van der Waals surface area contributed by atoms with E-state index in [2.05, 4.69) is 5.32 Å². The number of unbranched alkanes of at least 4 members (excludes halogenated alkanes) is 1. The van der Waals surface area contributed by atoms with Gasteiger partial charge in [0, 0.05) is 6.54 Å². The van der Waals surface area contributed by atoms with E-state index >= 15 is 0 Å². The van der Waals surface area contributed by atoms with E-state index in [0.717, 1.165) is 29.7 Å². The Morgan fingerprint density at radius 3 is 2.15 bits per heavy atom. The number of rotatable bonds is 7. The fourth-order valence-electron chi connectivity index (χ4n) is 2.92. The number of hydrogen-bond donors (Lipinski definition) is 1. The average Bonchev–Trinajstić information content (AvgIpc) is 2.88. The average molecular weight is 354 g/mol. The van der Waals surface area contributed by atoms with Crippen LogP contribution in [0.25, 0.3) is 0 Å². The molecular formula is C20H19FN2O3. The molecule has 0 bridgehead atoms. The van der Waals surface area contributed by atoms with Crippen molar-refractivity contribution in [2.24, 2.45) is 0 Å². The highest BCUT2D eigenvalue weighted by molar-refractivity contribution is 6.22. The molecule has 1 heterocycles. The van der Waals surface area contributed by atoms with E-state index < -0.39 is 11.8 Å². The molecule has 134 valence electrons. The fourth-order valence-corrected chi connectivity index (χ4v) is 2.92. The molecule has 3 amide bonds. The Morgan fingerprint density at radius 1 is 0.923 bits per heavy atom. The fraction of sp³-hybridized carbons (Fsp3) is 0.250. The van der Waals surface area contributed by atoms with E-state index in [-0.39, 0.29) is 18.3 Å². The van der Waals surface area contributed by atoms with Crippen molar-refractivity contribution in [3.05, 3.63) is 71.0 Å². The minimum absolute atomic E-state index is 0.255. The standard InChI is InChI=1S/C20H19FN2O3/c21-15-10-8-14(9-11-15)5-3-4-12-22-18(24)13-23-19(25)16-6-1-2-7-17(16)20(23)26/h1-2,6-11H,3-5,12-13H2,(H,22,24). The molecule has 0 radical (unpaired) electrons. The van der Waals surface area contributed by atoms with E-state index in [1.165, 1.54) is 12.1 Å². The van der Waals surface area contributed by atoms with Crippen molar-refractivity contribution in [2.45, 2.75) is 19.3 Å². The Morgan fingerprint density at radius 2 is 1.54 bits per heavy atom. The number of nitrogens with zero attached hydrogens (tertiary/aromatic N) is 1. The predicted octanol–water partition coefficient (Wildman–Crippen LogP) is 2.56. The number of halogens is 1. The molecule has 0 atom stereocenters. The number of aryl methyl sites for hydroxylation is 1. The summed E-state index contributed by atoms with van der Waals surface area (Å²) in [6, 6.07) is 12.9. The zero-order valence-corrected chi connectivity index (χ0v) is 14.2. The summed E-state index contributed by atoms with van der Waals surface area (Å²) in [5.41, 5.74) is 1.72. The number of amides is 3. The largest absolute Gasteiger partial charge is 0.355 e. The van der Waals surface area contributed by atoms with Gasteiger partial charge in [-0.25, -0.2) is 4.39 Å². The van der Waals surface area contributed by atoms with Gasteiger partial charge in [0.15, 0.2) is 0 Å². The van der Waals surface area contributed by atoms with Crippen LogP contribution in [0.5, 0.6) is 0 Å². The first-order valence-electron chi connectivity index (χ1n) is 8.52. The van der Waals surface area contributed by atoms with Gasteiger partial charge in [-0.1, -0.05) is 24.3 Å². The van der Waals surface area contributed by atoms with Crippen LogP contribution in [-0.2, 0) is 11.2 Å². The van der Waals surface area contributed by atoms with Crippen LogP contribution in [0.1, 0.15) is 39.1 Å². The Hall–Kier alpha value is -3.02. The molecule has 1 N–H and O–H groups in total. The lowest BCUT2D eigenvalue weighted by atomic mass is 10.1. The molecule has 0 saturated carbocycles. The van der Waals surface area contributed by atoms with Crippen LogP contribution in [0.4, 0.5) is 4.39 Å². The molecule has 0 saturated heterocycles. The second kappa shape index (κ2) is 7.91. The van der Waals surface area contributed by atoms with Crippen LogP contribution < -0.4 is 5.32 Å². The van der Waals surface area contributed by atoms with E-state index in [4.69, 9.17) is 0 Å². The first kappa shape index (κ1) is 17.8. The van der Waals surface area contributed by atoms with Crippen molar-refractivity contribution < 1.29 is 18.8 Å². The summed E-state index contributed by atoms with van der Waals surface area (Å²) >= 11 is 0. The summed E-state index contributed by atoms with van der Waals surface area (Å²) in [5.74, 6) is -1.48. The van der Waals surface area contributed by atoms with Crippen LogP contribution in [-0.4, -0.2) is 35.7 Å². The van der Waals surface area contributed by atoms with Crippen LogP contribution >= 0.6 is 0 Å². The number of carbonyl (C=O) groups is 3. The Bertz CT molecular complexity index is 798. The van der Waals surface area contributed by atoms with E-state index in [1.807, 2.05) is 0 Å². The summed E-state index contributed by atoms with van der Waals surface area (Å²) in [7, 11) is 0. The Kier molecular flexibility index (Phi) is 5.41. The van der Waals surface area contributed by atoms with Crippen LogP contribution in [0.15, 0.2) is 48.5 Å². The van der Waals surface area contributed by atoms with Crippen molar-refractivity contribution in [1.82, 2.24) is 10.2 Å². The Balaban J connectivity index is 1.40. The first-order valence-corrected chi connectivity index (χ1v) is 8.52. The van der Waals surface area contributed by atoms with E-state index in [0.29, 0.717) is 17.7 Å². The van der Waals surface area contributed by atoms with Crippen molar-refractivity contribution >= 4 is 17.7 Å². The number of imide groups is 1. The third kappa shape index (κ3) is 3.96. The quantitative estimate of drug-likeness (QED) is 0.614. The summed E-state index contributed by atoms with van der Waals surface area (Å²) in [6.07, 6.45) is 2.40. The number of hydrogen-bond acceptors (Lipinski definition) is 3. The second-order valence-corrected chi connectivity index (χ2v) is 6.18. The van der Waals surface area contributed by atoms with Gasteiger partial charge >= 0.3 is 0 Å². The Labute approximate surface area is 150 Å². The van der Waals surface area contributed by atoms with Crippen molar-refractivity contribution in [1.29, 1.82) is 0 Å². The topological polar surface area (TPSA) is 66.5 Å². The third-order valence-corrected chi connectivity index (χ3v) is 4.31. The van der Waals surface area contributed by atoms with Crippen LogP contribution in [0.2, 0.25) is 0 Å². The minimum Gasteiger partial charge on any atom is -0.355 e. The first-order chi connectivity index (χ1) is 12.6. The van der Waals surface area contributed by atoms with Gasteiger partial charge in [0.05, 0.1) is 11.1 Å². The molecule has 0 spiro atoms. The lowest BCUT2D eigenvalue weighted by Crippen LogP contribution is -2.40. The van der Waals surface area contributed by atoms with Crippen LogP contribution in [0, 0.1) is 5.82 Å². The van der Waals surface area contributed by atoms with Gasteiger partial charge in [-0.05, 0) is 49.1 Å². The van der Waals surface area contributed by atoms with Crippen LogP contribution in [0.3, 0.4) is 0 Å². The van der Waals surface area contributed by atoms with Gasteiger partial charge < -0.3 is 5.32 Å². The SMILES string of the molecule is O=C(CN1C(=O)c2ccccc2C1=O)NCCCCc1ccc(F)cc1. The molecule has 1 aliphatic heterocycles. The maximum atomic E-state index is 12.8. The van der Waals surface area contributed by atoms with Gasteiger partial charge in [0.25, 0.3) is 11.8 Å². The molecule has 2 aromatic rings. The molecule has 6 heteroatoms. The zero-order valence-electron chi connectivity index (χ0n) is 14.2. The highest BCUT2D eigenvalue weighted by atomic mass is 19.1. The van der Waals surface area contributed by atoms with Gasteiger partial charge in [-0.15, -0.1) is 0 Å². The molecule has 0 unspecified atom stereocenters. The third-order valence-electron chi connectivity index (χ3n) is 4.31. The van der Waals surface area contributed by atoms with Crippen molar-refractivity contribution in [3.63, 3.8) is 0 Å². The second-order valence-electron chi connectivity index (χ2n) is 6.18. The summed E-state index contributed by atoms with van der Waals surface area (Å²) < 4.78 is 12.8. The zero-order chi connectivity index (χ0) is 18.5. The maximum Gasteiger partial charge on any atom is 0.262 e. The van der Waals surface area contributed by atoms with E-state index in [9.17, 15) is 18.8 Å². The summed E-state index contributed by atoms with van der Waals surface area (Å²) in [6.45, 7) is 0.188. The van der Waals surface area contributed by atoms with Gasteiger partial charge in [-0.3, -0.25) is 19.3 Å². The molecule has 3 rings (SSSR count). The molecular weight excluding hydrogens is 335 g/mol. The molecule has 26 heavy (non-hydrogen) atoms. The molecule has 0 fully saturated rings. The summed E-state index contributed by atoms with van der Waals surface area (Å²) in [5, 5.41) is 2.73.